The van der Waals surface area contributed by atoms with E-state index in [1.807, 2.05) is 28.5 Å². The number of carbonyl (C=O) groups excluding carboxylic acids is 2. The number of carbonyl (C=O) groups is 2. The average molecular weight is 523 g/mol. The molecule has 0 spiro atoms. The lowest BCUT2D eigenvalue weighted by Crippen LogP contribution is -2.38. The van der Waals surface area contributed by atoms with Gasteiger partial charge >= 0.3 is 5.97 Å². The van der Waals surface area contributed by atoms with E-state index in [1.54, 1.807) is 59.5 Å². The lowest BCUT2D eigenvalue weighted by Gasteiger charge is -2.37. The van der Waals surface area contributed by atoms with E-state index in [2.05, 4.69) is 10.3 Å². The summed E-state index contributed by atoms with van der Waals surface area (Å²) >= 11 is 1.41. The third-order valence-corrected chi connectivity index (χ3v) is 6.76. The highest BCUT2D eigenvalue weighted by atomic mass is 32.2. The molecule has 0 saturated carbocycles. The van der Waals surface area contributed by atoms with E-state index in [0.717, 1.165) is 5.56 Å². The van der Waals surface area contributed by atoms with Crippen LogP contribution in [-0.4, -0.2) is 47.3 Å². The Balaban J connectivity index is 1.70. The van der Waals surface area contributed by atoms with Gasteiger partial charge in [-0.05, 0) is 62.1 Å². The lowest BCUT2D eigenvalue weighted by atomic mass is 9.92. The Kier molecular flexibility index (Phi) is 8.17. The number of thioether (sulfide) groups is 1. The Morgan fingerprint density at radius 1 is 1.14 bits per heavy atom. The number of amidine groups is 1. The number of allylic oxidation sites excluding steroid dienone is 1. The van der Waals surface area contributed by atoms with Gasteiger partial charge in [-0.3, -0.25) is 9.78 Å². The van der Waals surface area contributed by atoms with Gasteiger partial charge in [-0.25, -0.2) is 9.79 Å². The Morgan fingerprint density at radius 3 is 2.57 bits per heavy atom. The Bertz CT molecular complexity index is 1270. The van der Waals surface area contributed by atoms with Crippen molar-refractivity contribution in [3.05, 3.63) is 76.2 Å². The SMILES string of the molecule is COc1ccc(OC)c(C2C(C(=O)OC(C)C)=C(C)N=C3SC=C(CC(=O)NCc4ccncc4)N32)c1. The van der Waals surface area contributed by atoms with Gasteiger partial charge in [0.2, 0.25) is 5.91 Å². The molecule has 1 aromatic heterocycles. The van der Waals surface area contributed by atoms with Crippen LogP contribution < -0.4 is 14.8 Å². The summed E-state index contributed by atoms with van der Waals surface area (Å²) in [5.74, 6) is 0.567. The zero-order valence-electron chi connectivity index (χ0n) is 21.5. The quantitative estimate of drug-likeness (QED) is 0.486. The summed E-state index contributed by atoms with van der Waals surface area (Å²) in [7, 11) is 3.16. The fourth-order valence-corrected chi connectivity index (χ4v) is 5.15. The number of amides is 1. The summed E-state index contributed by atoms with van der Waals surface area (Å²) in [6, 6.07) is 8.52. The Labute approximate surface area is 220 Å². The van der Waals surface area contributed by atoms with E-state index in [9.17, 15) is 9.59 Å². The third-order valence-electron chi connectivity index (χ3n) is 5.88. The second kappa shape index (κ2) is 11.5. The number of methoxy groups -OCH3 is 2. The molecule has 2 aliphatic rings. The minimum Gasteiger partial charge on any atom is -0.497 e. The highest BCUT2D eigenvalue weighted by molar-refractivity contribution is 8.16. The minimum absolute atomic E-state index is 0.103. The van der Waals surface area contributed by atoms with Crippen molar-refractivity contribution in [1.29, 1.82) is 0 Å². The summed E-state index contributed by atoms with van der Waals surface area (Å²) in [6.07, 6.45) is 3.16. The molecule has 10 heteroatoms. The largest absolute Gasteiger partial charge is 0.497 e. The number of esters is 1. The molecule has 3 heterocycles. The van der Waals surface area contributed by atoms with Crippen LogP contribution in [0.25, 0.3) is 0 Å². The number of aliphatic imine (C=N–C) groups is 1. The first-order valence-electron chi connectivity index (χ1n) is 11.8. The van der Waals surface area contributed by atoms with E-state index in [4.69, 9.17) is 19.2 Å². The third kappa shape index (κ3) is 5.80. The molecule has 1 unspecified atom stereocenters. The van der Waals surface area contributed by atoms with Crippen LogP contribution in [0.4, 0.5) is 0 Å². The van der Waals surface area contributed by atoms with E-state index in [0.29, 0.717) is 45.7 Å². The molecular weight excluding hydrogens is 492 g/mol. The van der Waals surface area contributed by atoms with Crippen molar-refractivity contribution < 1.29 is 23.8 Å². The molecule has 194 valence electrons. The first-order valence-corrected chi connectivity index (χ1v) is 12.7. The van der Waals surface area contributed by atoms with Crippen LogP contribution in [0.2, 0.25) is 0 Å². The molecule has 1 N–H and O–H groups in total. The van der Waals surface area contributed by atoms with Gasteiger partial charge in [0.05, 0.1) is 44.1 Å². The molecule has 1 atom stereocenters. The summed E-state index contributed by atoms with van der Waals surface area (Å²) < 4.78 is 16.8. The zero-order valence-corrected chi connectivity index (χ0v) is 22.3. The van der Waals surface area contributed by atoms with Gasteiger partial charge in [0.15, 0.2) is 5.17 Å². The van der Waals surface area contributed by atoms with Crippen LogP contribution in [0.1, 0.15) is 44.4 Å². The number of nitrogens with zero attached hydrogens (tertiary/aromatic N) is 3. The van der Waals surface area contributed by atoms with Crippen LogP contribution in [-0.2, 0) is 20.9 Å². The van der Waals surface area contributed by atoms with Gasteiger partial charge in [-0.1, -0.05) is 11.8 Å². The Hall–Kier alpha value is -3.79. The molecule has 9 nitrogen and oxygen atoms in total. The molecule has 37 heavy (non-hydrogen) atoms. The van der Waals surface area contributed by atoms with Crippen molar-refractivity contribution in [3.63, 3.8) is 0 Å². The topological polar surface area (TPSA) is 102 Å². The van der Waals surface area contributed by atoms with Gasteiger partial charge in [0.25, 0.3) is 0 Å². The number of aromatic nitrogens is 1. The smallest absolute Gasteiger partial charge is 0.338 e. The average Bonchev–Trinajstić information content (AvgIpc) is 3.28. The van der Waals surface area contributed by atoms with E-state index >= 15 is 0 Å². The van der Waals surface area contributed by atoms with Gasteiger partial charge in [0.1, 0.15) is 11.5 Å². The van der Waals surface area contributed by atoms with Gasteiger partial charge < -0.3 is 24.4 Å². The van der Waals surface area contributed by atoms with Crippen molar-refractivity contribution in [2.75, 3.05) is 14.2 Å². The first kappa shape index (κ1) is 26.3. The molecule has 0 aliphatic carbocycles. The summed E-state index contributed by atoms with van der Waals surface area (Å²) in [5, 5.41) is 5.52. The normalized spacial score (nSPS) is 16.7. The maximum absolute atomic E-state index is 13.4. The van der Waals surface area contributed by atoms with E-state index in [-0.39, 0.29) is 18.4 Å². The predicted octanol–water partition coefficient (Wildman–Crippen LogP) is 4.33. The molecule has 0 saturated heterocycles. The maximum Gasteiger partial charge on any atom is 0.338 e. The van der Waals surface area contributed by atoms with E-state index < -0.39 is 12.0 Å². The zero-order chi connectivity index (χ0) is 26.5. The van der Waals surface area contributed by atoms with Gasteiger partial charge in [0, 0.05) is 30.2 Å². The van der Waals surface area contributed by atoms with Crippen molar-refractivity contribution in [2.24, 2.45) is 4.99 Å². The minimum atomic E-state index is -0.627. The number of hydrogen-bond acceptors (Lipinski definition) is 9. The molecule has 0 radical (unpaired) electrons. The summed E-state index contributed by atoms with van der Waals surface area (Å²) in [5.41, 5.74) is 3.31. The number of hydrogen-bond donors (Lipinski definition) is 1. The first-order chi connectivity index (χ1) is 17.8. The molecule has 2 aliphatic heterocycles. The molecule has 2 aromatic rings. The van der Waals surface area contributed by atoms with Crippen LogP contribution >= 0.6 is 11.8 Å². The van der Waals surface area contributed by atoms with Gasteiger partial charge in [-0.2, -0.15) is 0 Å². The number of ether oxygens (including phenoxy) is 3. The maximum atomic E-state index is 13.4. The van der Waals surface area contributed by atoms with Crippen LogP contribution in [0.3, 0.4) is 0 Å². The van der Waals surface area contributed by atoms with Crippen molar-refractivity contribution >= 4 is 28.8 Å². The lowest BCUT2D eigenvalue weighted by molar-refractivity contribution is -0.143. The molecule has 0 fully saturated rings. The van der Waals surface area contributed by atoms with Crippen molar-refractivity contribution in [3.8, 4) is 11.5 Å². The second-order valence-corrected chi connectivity index (χ2v) is 9.60. The second-order valence-electron chi connectivity index (χ2n) is 8.76. The number of nitrogens with one attached hydrogen (secondary N) is 1. The standard InChI is InChI=1S/C27H30N4O5S/c1-16(2)36-26(33)24-17(3)30-27-31(25(24)21-13-20(34-4)6-7-22(21)35-5)19(15-37-27)12-23(32)29-14-18-8-10-28-11-9-18/h6-11,13,15-16,25H,12,14H2,1-5H3,(H,29,32). The Morgan fingerprint density at radius 2 is 1.89 bits per heavy atom. The predicted molar refractivity (Wildman–Crippen MR) is 142 cm³/mol. The van der Waals surface area contributed by atoms with Crippen molar-refractivity contribution in [2.45, 2.75) is 45.9 Å². The fraction of sp³-hybridized carbons (Fsp3) is 0.333. The van der Waals surface area contributed by atoms with Crippen molar-refractivity contribution in [1.82, 2.24) is 15.2 Å². The van der Waals surface area contributed by atoms with Crippen LogP contribution in [0.15, 0.2) is 70.1 Å². The summed E-state index contributed by atoms with van der Waals surface area (Å²) in [4.78, 5) is 36.9. The molecule has 0 bridgehead atoms. The highest BCUT2D eigenvalue weighted by Gasteiger charge is 2.42. The van der Waals surface area contributed by atoms with Crippen LogP contribution in [0.5, 0.6) is 11.5 Å². The number of rotatable bonds is 9. The molecular formula is C27H30N4O5S. The number of pyridine rings is 1. The molecule has 1 aromatic carbocycles. The number of benzene rings is 1. The molecule has 4 rings (SSSR count). The number of fused-ring (bicyclic) bond motifs is 1. The fourth-order valence-electron chi connectivity index (χ4n) is 4.18. The summed E-state index contributed by atoms with van der Waals surface area (Å²) in [6.45, 7) is 5.79. The van der Waals surface area contributed by atoms with E-state index in [1.165, 1.54) is 11.8 Å². The molecule has 1 amide bonds. The van der Waals surface area contributed by atoms with Gasteiger partial charge in [-0.15, -0.1) is 0 Å². The monoisotopic (exact) mass is 522 g/mol. The van der Waals surface area contributed by atoms with Crippen LogP contribution in [0, 0.1) is 0 Å². The highest BCUT2D eigenvalue weighted by Crippen LogP contribution is 2.47.